The highest BCUT2D eigenvalue weighted by atomic mass is 35.5. The van der Waals surface area contributed by atoms with Crippen molar-refractivity contribution in [1.29, 1.82) is 0 Å². The molecule has 6 heteroatoms. The van der Waals surface area contributed by atoms with E-state index in [9.17, 15) is 0 Å². The normalized spacial score (nSPS) is 12.6. The van der Waals surface area contributed by atoms with Gasteiger partial charge < -0.3 is 5.73 Å². The molecule has 102 valence electrons. The molecule has 19 heavy (non-hydrogen) atoms. The van der Waals surface area contributed by atoms with Crippen molar-refractivity contribution in [2.45, 2.75) is 32.4 Å². The third kappa shape index (κ3) is 3.47. The van der Waals surface area contributed by atoms with E-state index in [1.165, 1.54) is 0 Å². The molecule has 0 amide bonds. The monoisotopic (exact) mass is 298 g/mol. The van der Waals surface area contributed by atoms with Crippen molar-refractivity contribution in [1.82, 2.24) is 15.0 Å². The predicted molar refractivity (Wildman–Crippen MR) is 77.4 cm³/mol. The van der Waals surface area contributed by atoms with E-state index in [-0.39, 0.29) is 6.04 Å². The Morgan fingerprint density at radius 3 is 2.63 bits per heavy atom. The van der Waals surface area contributed by atoms with Gasteiger partial charge in [0.15, 0.2) is 0 Å². The fraction of sp³-hybridized carbons (Fsp3) is 0.385. The summed E-state index contributed by atoms with van der Waals surface area (Å²) in [5.41, 5.74) is 7.64. The largest absolute Gasteiger partial charge is 0.323 e. The Morgan fingerprint density at radius 1 is 1.32 bits per heavy atom. The van der Waals surface area contributed by atoms with Crippen LogP contribution in [0.5, 0.6) is 0 Å². The standard InChI is InChI=1S/C13H16Cl2N4/c1-2-4-12(16)13-8-19(18-17-13)7-9-10(14)5-3-6-11(9)15/h3,5-6,8,12H,2,4,7,16H2,1H3. The molecular formula is C13H16Cl2N4. The highest BCUT2D eigenvalue weighted by molar-refractivity contribution is 6.35. The van der Waals surface area contributed by atoms with Crippen LogP contribution in [0.4, 0.5) is 0 Å². The lowest BCUT2D eigenvalue weighted by atomic mass is 10.1. The summed E-state index contributed by atoms with van der Waals surface area (Å²) in [6.45, 7) is 2.58. The summed E-state index contributed by atoms with van der Waals surface area (Å²) in [6.07, 6.45) is 3.76. The van der Waals surface area contributed by atoms with E-state index >= 15 is 0 Å². The van der Waals surface area contributed by atoms with Gasteiger partial charge in [-0.25, -0.2) is 4.68 Å². The maximum atomic E-state index is 6.13. The number of nitrogens with two attached hydrogens (primary N) is 1. The Hall–Kier alpha value is -1.10. The molecule has 0 aliphatic rings. The quantitative estimate of drug-likeness (QED) is 0.920. The van der Waals surface area contributed by atoms with Gasteiger partial charge in [0, 0.05) is 15.6 Å². The topological polar surface area (TPSA) is 56.7 Å². The van der Waals surface area contributed by atoms with Crippen LogP contribution in [0, 0.1) is 0 Å². The van der Waals surface area contributed by atoms with Crippen molar-refractivity contribution in [3.63, 3.8) is 0 Å². The number of aromatic nitrogens is 3. The Bertz CT molecular complexity index is 533. The lowest BCUT2D eigenvalue weighted by molar-refractivity contribution is 0.617. The van der Waals surface area contributed by atoms with E-state index in [2.05, 4.69) is 17.2 Å². The lowest BCUT2D eigenvalue weighted by Crippen LogP contribution is -2.10. The van der Waals surface area contributed by atoms with E-state index < -0.39 is 0 Å². The first-order valence-corrected chi connectivity index (χ1v) is 6.96. The molecule has 0 saturated carbocycles. The van der Waals surface area contributed by atoms with Crippen LogP contribution < -0.4 is 5.73 Å². The molecule has 1 heterocycles. The van der Waals surface area contributed by atoms with Crippen molar-refractivity contribution in [3.05, 3.63) is 45.7 Å². The molecule has 2 N–H and O–H groups in total. The molecule has 0 saturated heterocycles. The number of hydrogen-bond donors (Lipinski definition) is 1. The summed E-state index contributed by atoms with van der Waals surface area (Å²) in [5, 5.41) is 9.41. The van der Waals surface area contributed by atoms with Crippen molar-refractivity contribution >= 4 is 23.2 Å². The molecule has 0 bridgehead atoms. The number of rotatable bonds is 5. The third-order valence-electron chi connectivity index (χ3n) is 2.92. The molecule has 1 aromatic carbocycles. The second-order valence-electron chi connectivity index (χ2n) is 4.44. The van der Waals surface area contributed by atoms with Crippen LogP contribution in [0.1, 0.15) is 37.1 Å². The van der Waals surface area contributed by atoms with Gasteiger partial charge in [-0.15, -0.1) is 5.10 Å². The van der Waals surface area contributed by atoms with E-state index in [1.54, 1.807) is 4.68 Å². The number of benzene rings is 1. The first-order valence-electron chi connectivity index (χ1n) is 6.20. The summed E-state index contributed by atoms with van der Waals surface area (Å²) in [4.78, 5) is 0. The van der Waals surface area contributed by atoms with Gasteiger partial charge >= 0.3 is 0 Å². The zero-order chi connectivity index (χ0) is 13.8. The molecule has 0 spiro atoms. The average Bonchev–Trinajstić information content (AvgIpc) is 2.83. The molecule has 1 atom stereocenters. The van der Waals surface area contributed by atoms with Crippen molar-refractivity contribution in [2.24, 2.45) is 5.73 Å². The molecule has 4 nitrogen and oxygen atoms in total. The van der Waals surface area contributed by atoms with E-state index in [0.29, 0.717) is 16.6 Å². The average molecular weight is 299 g/mol. The zero-order valence-electron chi connectivity index (χ0n) is 10.7. The molecular weight excluding hydrogens is 283 g/mol. The number of nitrogens with zero attached hydrogens (tertiary/aromatic N) is 3. The summed E-state index contributed by atoms with van der Waals surface area (Å²) in [6, 6.07) is 5.37. The minimum Gasteiger partial charge on any atom is -0.323 e. The highest BCUT2D eigenvalue weighted by Crippen LogP contribution is 2.25. The smallest absolute Gasteiger partial charge is 0.0994 e. The molecule has 2 rings (SSSR count). The van der Waals surface area contributed by atoms with Crippen LogP contribution >= 0.6 is 23.2 Å². The van der Waals surface area contributed by atoms with Gasteiger partial charge in [-0.1, -0.05) is 47.8 Å². The lowest BCUT2D eigenvalue weighted by Gasteiger charge is -2.06. The minimum absolute atomic E-state index is 0.0690. The first-order chi connectivity index (χ1) is 9.11. The first kappa shape index (κ1) is 14.3. The molecule has 2 aromatic rings. The van der Waals surface area contributed by atoms with E-state index in [1.807, 2.05) is 24.4 Å². The fourth-order valence-electron chi connectivity index (χ4n) is 1.86. The van der Waals surface area contributed by atoms with Crippen LogP contribution in [0.2, 0.25) is 10.0 Å². The number of halogens is 2. The molecule has 0 fully saturated rings. The third-order valence-corrected chi connectivity index (χ3v) is 3.63. The van der Waals surface area contributed by atoms with E-state index in [4.69, 9.17) is 28.9 Å². The van der Waals surface area contributed by atoms with Gasteiger partial charge in [0.25, 0.3) is 0 Å². The van der Waals surface area contributed by atoms with Gasteiger partial charge in [0.2, 0.25) is 0 Å². The second-order valence-corrected chi connectivity index (χ2v) is 5.25. The van der Waals surface area contributed by atoms with Crippen LogP contribution in [0.25, 0.3) is 0 Å². The SMILES string of the molecule is CCCC(N)c1cn(Cc2c(Cl)cccc2Cl)nn1. The van der Waals surface area contributed by atoms with Gasteiger partial charge in [0.05, 0.1) is 24.5 Å². The summed E-state index contributed by atoms with van der Waals surface area (Å²) < 4.78 is 1.71. The molecule has 1 aromatic heterocycles. The van der Waals surface area contributed by atoms with Crippen LogP contribution in [-0.4, -0.2) is 15.0 Å². The Morgan fingerprint density at radius 2 is 2.00 bits per heavy atom. The second kappa shape index (κ2) is 6.37. The minimum atomic E-state index is -0.0690. The number of hydrogen-bond acceptors (Lipinski definition) is 3. The zero-order valence-corrected chi connectivity index (χ0v) is 12.2. The van der Waals surface area contributed by atoms with Gasteiger partial charge in [-0.2, -0.15) is 0 Å². The van der Waals surface area contributed by atoms with Crippen LogP contribution in [0.3, 0.4) is 0 Å². The van der Waals surface area contributed by atoms with Crippen molar-refractivity contribution < 1.29 is 0 Å². The van der Waals surface area contributed by atoms with Crippen LogP contribution in [-0.2, 0) is 6.54 Å². The van der Waals surface area contributed by atoms with Gasteiger partial charge in [-0.05, 0) is 18.6 Å². The summed E-state index contributed by atoms with van der Waals surface area (Å²) in [5.74, 6) is 0. The molecule has 0 aliphatic carbocycles. The Kier molecular flexibility index (Phi) is 4.80. The highest BCUT2D eigenvalue weighted by Gasteiger charge is 2.11. The molecule has 0 radical (unpaired) electrons. The van der Waals surface area contributed by atoms with Crippen molar-refractivity contribution in [2.75, 3.05) is 0 Å². The van der Waals surface area contributed by atoms with E-state index in [0.717, 1.165) is 24.1 Å². The summed E-state index contributed by atoms with van der Waals surface area (Å²) in [7, 11) is 0. The summed E-state index contributed by atoms with van der Waals surface area (Å²) >= 11 is 12.3. The predicted octanol–water partition coefficient (Wildman–Crippen LogP) is 3.43. The Balaban J connectivity index is 2.16. The van der Waals surface area contributed by atoms with Crippen molar-refractivity contribution in [3.8, 4) is 0 Å². The maximum Gasteiger partial charge on any atom is 0.0994 e. The fourth-order valence-corrected chi connectivity index (χ4v) is 2.38. The van der Waals surface area contributed by atoms with Gasteiger partial charge in [0.1, 0.15) is 0 Å². The molecule has 1 unspecified atom stereocenters. The van der Waals surface area contributed by atoms with Crippen LogP contribution in [0.15, 0.2) is 24.4 Å². The Labute approximate surface area is 122 Å². The molecule has 0 aliphatic heterocycles. The van der Waals surface area contributed by atoms with Gasteiger partial charge in [-0.3, -0.25) is 0 Å². The maximum absolute atomic E-state index is 6.13.